The average Bonchev–Trinajstić information content (AvgIpc) is 2.37. The van der Waals surface area contributed by atoms with E-state index in [9.17, 15) is 9.59 Å². The summed E-state index contributed by atoms with van der Waals surface area (Å²) in [5.41, 5.74) is 7.06. The van der Waals surface area contributed by atoms with Crippen LogP contribution in [0, 0.1) is 0 Å². The second-order valence-electron chi connectivity index (χ2n) is 4.31. The molecule has 1 rings (SSSR count). The van der Waals surface area contributed by atoms with E-state index in [4.69, 9.17) is 5.73 Å². The van der Waals surface area contributed by atoms with E-state index in [1.807, 2.05) is 24.3 Å². The average molecular weight is 280 g/mol. The van der Waals surface area contributed by atoms with Crippen molar-refractivity contribution in [2.75, 3.05) is 16.8 Å². The van der Waals surface area contributed by atoms with Crippen LogP contribution in [0.25, 0.3) is 0 Å². The molecule has 3 N–H and O–H groups in total. The van der Waals surface area contributed by atoms with Gasteiger partial charge in [-0.1, -0.05) is 25.5 Å². The molecule has 19 heavy (non-hydrogen) atoms. The number of unbranched alkanes of at least 4 members (excludes halogenated alkanes) is 1. The number of carbonyl (C=O) groups excluding carboxylic acids is 2. The highest BCUT2D eigenvalue weighted by Gasteiger charge is 2.04. The van der Waals surface area contributed by atoms with E-state index in [-0.39, 0.29) is 17.4 Å². The van der Waals surface area contributed by atoms with Crippen LogP contribution in [-0.4, -0.2) is 23.3 Å². The quantitative estimate of drug-likeness (QED) is 0.766. The first-order valence-electron chi connectivity index (χ1n) is 6.36. The molecule has 0 atom stereocenters. The zero-order valence-electron chi connectivity index (χ0n) is 11.1. The Morgan fingerprint density at radius 3 is 2.47 bits per heavy atom. The van der Waals surface area contributed by atoms with Gasteiger partial charge in [-0.25, -0.2) is 0 Å². The Morgan fingerprint density at radius 2 is 1.89 bits per heavy atom. The molecular formula is C14H20N2O2S. The maximum absolute atomic E-state index is 11.6. The first-order valence-corrected chi connectivity index (χ1v) is 7.52. The Balaban J connectivity index is 2.35. The number of amides is 2. The lowest BCUT2D eigenvalue weighted by Crippen LogP contribution is -2.18. The van der Waals surface area contributed by atoms with Crippen LogP contribution in [-0.2, 0) is 16.0 Å². The molecule has 0 saturated heterocycles. The second-order valence-corrected chi connectivity index (χ2v) is 5.29. The van der Waals surface area contributed by atoms with Gasteiger partial charge in [-0.15, -0.1) is 11.8 Å². The Labute approximate surface area is 118 Å². The lowest BCUT2D eigenvalue weighted by Gasteiger charge is -2.06. The van der Waals surface area contributed by atoms with Crippen LogP contribution in [0.3, 0.4) is 0 Å². The van der Waals surface area contributed by atoms with Crippen molar-refractivity contribution in [1.29, 1.82) is 0 Å². The van der Waals surface area contributed by atoms with Crippen LogP contribution in [0.1, 0.15) is 25.3 Å². The van der Waals surface area contributed by atoms with E-state index in [1.165, 1.54) is 30.2 Å². The zero-order chi connectivity index (χ0) is 14.1. The largest absolute Gasteiger partial charge is 0.369 e. The second kappa shape index (κ2) is 8.58. The molecule has 0 aliphatic rings. The number of anilines is 1. The molecule has 4 nitrogen and oxygen atoms in total. The summed E-state index contributed by atoms with van der Waals surface area (Å²) >= 11 is 1.22. The van der Waals surface area contributed by atoms with Crippen molar-refractivity contribution in [3.63, 3.8) is 0 Å². The minimum absolute atomic E-state index is 0.118. The fourth-order valence-electron chi connectivity index (χ4n) is 1.58. The topological polar surface area (TPSA) is 72.2 Å². The number of carbonyl (C=O) groups is 2. The van der Waals surface area contributed by atoms with Gasteiger partial charge in [0.25, 0.3) is 0 Å². The summed E-state index contributed by atoms with van der Waals surface area (Å²) in [5.74, 6) is -0.116. The van der Waals surface area contributed by atoms with Crippen molar-refractivity contribution < 1.29 is 9.59 Å². The Kier molecular flexibility index (Phi) is 7.03. The number of thioether (sulfide) groups is 1. The predicted octanol–water partition coefficient (Wildman–Crippen LogP) is 2.19. The molecule has 0 saturated carbocycles. The normalized spacial score (nSPS) is 10.2. The minimum Gasteiger partial charge on any atom is -0.369 e. The Morgan fingerprint density at radius 1 is 1.21 bits per heavy atom. The molecule has 1 aromatic rings. The number of aryl methyl sites for hydroxylation is 1. The number of nitrogens with two attached hydrogens (primary N) is 1. The van der Waals surface area contributed by atoms with Crippen LogP contribution in [0.5, 0.6) is 0 Å². The molecule has 0 radical (unpaired) electrons. The van der Waals surface area contributed by atoms with E-state index >= 15 is 0 Å². The predicted molar refractivity (Wildman–Crippen MR) is 80.2 cm³/mol. The van der Waals surface area contributed by atoms with E-state index in [0.29, 0.717) is 0 Å². The zero-order valence-corrected chi connectivity index (χ0v) is 12.0. The molecule has 5 heteroatoms. The third-order valence-corrected chi connectivity index (χ3v) is 3.49. The molecule has 0 unspecified atom stereocenters. The molecular weight excluding hydrogens is 260 g/mol. The molecule has 0 aliphatic heterocycles. The van der Waals surface area contributed by atoms with Crippen LogP contribution in [0.4, 0.5) is 5.69 Å². The van der Waals surface area contributed by atoms with Crippen LogP contribution >= 0.6 is 11.8 Å². The van der Waals surface area contributed by atoms with Gasteiger partial charge in [0.2, 0.25) is 11.8 Å². The fourth-order valence-corrected chi connectivity index (χ4v) is 2.14. The third kappa shape index (κ3) is 6.86. The van der Waals surface area contributed by atoms with E-state index in [1.54, 1.807) is 0 Å². The number of benzene rings is 1. The van der Waals surface area contributed by atoms with Crippen LogP contribution in [0.2, 0.25) is 0 Å². The summed E-state index contributed by atoms with van der Waals surface area (Å²) in [6.07, 6.45) is 3.42. The number of rotatable bonds is 8. The first-order chi connectivity index (χ1) is 9.11. The number of nitrogens with one attached hydrogen (secondary N) is 1. The van der Waals surface area contributed by atoms with E-state index < -0.39 is 5.91 Å². The maximum Gasteiger partial charge on any atom is 0.234 e. The standard InChI is InChI=1S/C14H20N2O2S/c1-2-3-4-11-5-7-12(8-6-11)16-14(18)10-19-9-13(15)17/h5-8H,2-4,9-10H2,1H3,(H2,15,17)(H,16,18). The SMILES string of the molecule is CCCCc1ccc(NC(=O)CSCC(N)=O)cc1. The van der Waals surface area contributed by atoms with Crippen LogP contribution < -0.4 is 11.1 Å². The summed E-state index contributed by atoms with van der Waals surface area (Å²) in [7, 11) is 0. The van der Waals surface area contributed by atoms with Gasteiger partial charge >= 0.3 is 0 Å². The van der Waals surface area contributed by atoms with Crippen molar-refractivity contribution in [2.24, 2.45) is 5.73 Å². The van der Waals surface area contributed by atoms with Gasteiger partial charge in [-0.3, -0.25) is 9.59 Å². The smallest absolute Gasteiger partial charge is 0.234 e. The van der Waals surface area contributed by atoms with Crippen molar-refractivity contribution in [1.82, 2.24) is 0 Å². The molecule has 2 amide bonds. The van der Waals surface area contributed by atoms with Crippen molar-refractivity contribution in [3.05, 3.63) is 29.8 Å². The first kappa shape index (κ1) is 15.6. The van der Waals surface area contributed by atoms with Crippen molar-refractivity contribution in [3.8, 4) is 0 Å². The highest BCUT2D eigenvalue weighted by atomic mass is 32.2. The fraction of sp³-hybridized carbons (Fsp3) is 0.429. The summed E-state index contributed by atoms with van der Waals surface area (Å²) in [4.78, 5) is 22.1. The lowest BCUT2D eigenvalue weighted by atomic mass is 10.1. The maximum atomic E-state index is 11.6. The Bertz CT molecular complexity index is 418. The summed E-state index contributed by atoms with van der Waals surface area (Å²) in [6, 6.07) is 7.87. The van der Waals surface area contributed by atoms with Gasteiger partial charge in [0.05, 0.1) is 11.5 Å². The molecule has 0 heterocycles. The molecule has 0 aliphatic carbocycles. The number of hydrogen-bond donors (Lipinski definition) is 2. The molecule has 104 valence electrons. The van der Waals surface area contributed by atoms with Gasteiger partial charge in [0, 0.05) is 5.69 Å². The monoisotopic (exact) mass is 280 g/mol. The van der Waals surface area contributed by atoms with Gasteiger partial charge in [0.1, 0.15) is 0 Å². The van der Waals surface area contributed by atoms with E-state index in [0.717, 1.165) is 12.1 Å². The van der Waals surface area contributed by atoms with Gasteiger partial charge in [-0.05, 0) is 30.5 Å². The van der Waals surface area contributed by atoms with E-state index in [2.05, 4.69) is 12.2 Å². The lowest BCUT2D eigenvalue weighted by molar-refractivity contribution is -0.115. The molecule has 0 bridgehead atoms. The number of primary amides is 1. The Hall–Kier alpha value is -1.49. The summed E-state index contributed by atoms with van der Waals surface area (Å²) in [5, 5.41) is 2.79. The third-order valence-electron chi connectivity index (χ3n) is 2.53. The van der Waals surface area contributed by atoms with Crippen molar-refractivity contribution in [2.45, 2.75) is 26.2 Å². The van der Waals surface area contributed by atoms with Gasteiger partial charge in [0.15, 0.2) is 0 Å². The summed E-state index contributed by atoms with van der Waals surface area (Å²) < 4.78 is 0. The molecule has 1 aromatic carbocycles. The number of hydrogen-bond acceptors (Lipinski definition) is 3. The highest BCUT2D eigenvalue weighted by molar-refractivity contribution is 8.00. The van der Waals surface area contributed by atoms with Gasteiger partial charge in [-0.2, -0.15) is 0 Å². The molecule has 0 spiro atoms. The molecule has 0 aromatic heterocycles. The highest BCUT2D eigenvalue weighted by Crippen LogP contribution is 2.12. The minimum atomic E-state index is -0.405. The summed E-state index contributed by atoms with van der Waals surface area (Å²) in [6.45, 7) is 2.17. The van der Waals surface area contributed by atoms with Gasteiger partial charge < -0.3 is 11.1 Å². The van der Waals surface area contributed by atoms with Crippen molar-refractivity contribution >= 4 is 29.3 Å². The molecule has 0 fully saturated rings. The van der Waals surface area contributed by atoms with Crippen LogP contribution in [0.15, 0.2) is 24.3 Å².